The summed E-state index contributed by atoms with van der Waals surface area (Å²) in [6.45, 7) is 10.2. The molecular weight excluding hydrogens is 176 g/mol. The monoisotopic (exact) mass is 202 g/mol. The second-order valence-electron chi connectivity index (χ2n) is 3.53. The number of ether oxygens (including phenoxy) is 1. The molecule has 0 aliphatic rings. The Morgan fingerprint density at radius 2 is 1.79 bits per heavy atom. The van der Waals surface area contributed by atoms with E-state index in [0.717, 1.165) is 45.7 Å². The molecular formula is C11H26N2O. The third-order valence-corrected chi connectivity index (χ3v) is 2.19. The quantitative estimate of drug-likeness (QED) is 0.545. The van der Waals surface area contributed by atoms with Crippen LogP contribution in [0, 0.1) is 0 Å². The van der Waals surface area contributed by atoms with E-state index in [1.807, 2.05) is 6.92 Å². The lowest BCUT2D eigenvalue weighted by Gasteiger charge is -2.21. The van der Waals surface area contributed by atoms with Crippen LogP contribution in [0.15, 0.2) is 0 Å². The summed E-state index contributed by atoms with van der Waals surface area (Å²) >= 11 is 0. The Labute approximate surface area is 88.6 Å². The first kappa shape index (κ1) is 13.9. The van der Waals surface area contributed by atoms with E-state index >= 15 is 0 Å². The molecule has 0 atom stereocenters. The van der Waals surface area contributed by atoms with Gasteiger partial charge in [-0.2, -0.15) is 0 Å². The first-order chi connectivity index (χ1) is 6.85. The highest BCUT2D eigenvalue weighted by Gasteiger charge is 2.01. The summed E-state index contributed by atoms with van der Waals surface area (Å²) in [6, 6.07) is 0. The smallest absolute Gasteiger partial charge is 0.0478 e. The lowest BCUT2D eigenvalue weighted by Crippen LogP contribution is -2.29. The first-order valence-corrected chi connectivity index (χ1v) is 5.85. The van der Waals surface area contributed by atoms with Crippen molar-refractivity contribution in [3.05, 3.63) is 0 Å². The second kappa shape index (κ2) is 11.0. The van der Waals surface area contributed by atoms with Gasteiger partial charge in [0.15, 0.2) is 0 Å². The summed E-state index contributed by atoms with van der Waals surface area (Å²) in [5, 5.41) is 0. The Balaban J connectivity index is 3.40. The molecule has 0 spiro atoms. The Bertz CT molecular complexity index is 109. The van der Waals surface area contributed by atoms with E-state index in [-0.39, 0.29) is 0 Å². The SMILES string of the molecule is CCCN(CCCN)CCCOCC. The molecule has 0 rings (SSSR count). The molecule has 14 heavy (non-hydrogen) atoms. The van der Waals surface area contributed by atoms with Gasteiger partial charge in [0.25, 0.3) is 0 Å². The van der Waals surface area contributed by atoms with Crippen LogP contribution in [0.1, 0.15) is 33.1 Å². The molecule has 0 aromatic rings. The van der Waals surface area contributed by atoms with Crippen molar-refractivity contribution < 1.29 is 4.74 Å². The van der Waals surface area contributed by atoms with E-state index in [1.54, 1.807) is 0 Å². The van der Waals surface area contributed by atoms with Crippen molar-refractivity contribution in [2.45, 2.75) is 33.1 Å². The fourth-order valence-electron chi connectivity index (χ4n) is 1.50. The van der Waals surface area contributed by atoms with Crippen LogP contribution >= 0.6 is 0 Å². The summed E-state index contributed by atoms with van der Waals surface area (Å²) in [6.07, 6.45) is 3.46. The van der Waals surface area contributed by atoms with Gasteiger partial charge >= 0.3 is 0 Å². The van der Waals surface area contributed by atoms with E-state index in [9.17, 15) is 0 Å². The molecule has 0 radical (unpaired) electrons. The van der Waals surface area contributed by atoms with Crippen LogP contribution < -0.4 is 5.73 Å². The normalized spacial score (nSPS) is 11.1. The van der Waals surface area contributed by atoms with Crippen LogP contribution in [0.4, 0.5) is 0 Å². The molecule has 0 amide bonds. The van der Waals surface area contributed by atoms with E-state index in [1.165, 1.54) is 13.0 Å². The van der Waals surface area contributed by atoms with Crippen LogP contribution in [0.2, 0.25) is 0 Å². The number of nitrogens with zero attached hydrogens (tertiary/aromatic N) is 1. The third kappa shape index (κ3) is 8.48. The molecule has 0 aliphatic carbocycles. The Morgan fingerprint density at radius 3 is 2.36 bits per heavy atom. The van der Waals surface area contributed by atoms with E-state index in [0.29, 0.717) is 0 Å². The molecule has 2 N–H and O–H groups in total. The Morgan fingerprint density at radius 1 is 1.07 bits per heavy atom. The maximum Gasteiger partial charge on any atom is 0.0478 e. The zero-order valence-electron chi connectivity index (χ0n) is 9.80. The molecule has 86 valence electrons. The molecule has 3 heteroatoms. The van der Waals surface area contributed by atoms with Gasteiger partial charge in [-0.15, -0.1) is 0 Å². The van der Waals surface area contributed by atoms with Crippen molar-refractivity contribution in [3.8, 4) is 0 Å². The molecule has 0 aromatic heterocycles. The minimum atomic E-state index is 0.797. The number of rotatable bonds is 10. The molecule has 0 heterocycles. The highest BCUT2D eigenvalue weighted by molar-refractivity contribution is 4.57. The highest BCUT2D eigenvalue weighted by atomic mass is 16.5. The van der Waals surface area contributed by atoms with Gasteiger partial charge in [0.1, 0.15) is 0 Å². The van der Waals surface area contributed by atoms with Gasteiger partial charge in [0.2, 0.25) is 0 Å². The molecule has 0 aliphatic heterocycles. The molecule has 0 saturated carbocycles. The maximum absolute atomic E-state index is 5.50. The van der Waals surface area contributed by atoms with Crippen molar-refractivity contribution >= 4 is 0 Å². The van der Waals surface area contributed by atoms with Crippen molar-refractivity contribution in [2.75, 3.05) is 39.4 Å². The summed E-state index contributed by atoms with van der Waals surface area (Å²) in [5.74, 6) is 0. The highest BCUT2D eigenvalue weighted by Crippen LogP contribution is 1.96. The largest absolute Gasteiger partial charge is 0.382 e. The van der Waals surface area contributed by atoms with Gasteiger partial charge in [-0.3, -0.25) is 0 Å². The molecule has 0 fully saturated rings. The third-order valence-electron chi connectivity index (χ3n) is 2.19. The molecule has 0 bridgehead atoms. The number of nitrogens with two attached hydrogens (primary N) is 1. The fourth-order valence-corrected chi connectivity index (χ4v) is 1.50. The fraction of sp³-hybridized carbons (Fsp3) is 1.00. The average Bonchev–Trinajstić information content (AvgIpc) is 2.20. The molecule has 3 nitrogen and oxygen atoms in total. The van der Waals surface area contributed by atoms with Gasteiger partial charge < -0.3 is 15.4 Å². The van der Waals surface area contributed by atoms with Gasteiger partial charge in [0.05, 0.1) is 0 Å². The first-order valence-electron chi connectivity index (χ1n) is 5.85. The van der Waals surface area contributed by atoms with E-state index < -0.39 is 0 Å². The number of hydrogen-bond acceptors (Lipinski definition) is 3. The van der Waals surface area contributed by atoms with Crippen LogP contribution in [0.25, 0.3) is 0 Å². The van der Waals surface area contributed by atoms with Crippen molar-refractivity contribution in [1.82, 2.24) is 4.90 Å². The number of hydrogen-bond donors (Lipinski definition) is 1. The molecule has 0 unspecified atom stereocenters. The van der Waals surface area contributed by atoms with Gasteiger partial charge in [-0.05, 0) is 45.8 Å². The predicted molar refractivity (Wildman–Crippen MR) is 61.5 cm³/mol. The summed E-state index contributed by atoms with van der Waals surface area (Å²) in [4.78, 5) is 2.48. The van der Waals surface area contributed by atoms with Crippen molar-refractivity contribution in [3.63, 3.8) is 0 Å². The van der Waals surface area contributed by atoms with Gasteiger partial charge in [-0.1, -0.05) is 6.92 Å². The average molecular weight is 202 g/mol. The summed E-state index contributed by atoms with van der Waals surface area (Å²) < 4.78 is 5.32. The van der Waals surface area contributed by atoms with E-state index in [4.69, 9.17) is 10.5 Å². The zero-order valence-corrected chi connectivity index (χ0v) is 9.80. The molecule has 0 aromatic carbocycles. The topological polar surface area (TPSA) is 38.5 Å². The van der Waals surface area contributed by atoms with Gasteiger partial charge in [-0.25, -0.2) is 0 Å². The standard InChI is InChI=1S/C11H26N2O/c1-3-8-13(9-5-7-12)10-6-11-14-4-2/h3-12H2,1-2H3. The predicted octanol–water partition coefficient (Wildman–Crippen LogP) is 1.47. The van der Waals surface area contributed by atoms with Crippen LogP contribution in [0.5, 0.6) is 0 Å². The zero-order chi connectivity index (χ0) is 10.6. The lowest BCUT2D eigenvalue weighted by molar-refractivity contribution is 0.131. The van der Waals surface area contributed by atoms with Crippen molar-refractivity contribution in [2.24, 2.45) is 5.73 Å². The van der Waals surface area contributed by atoms with Crippen LogP contribution in [-0.2, 0) is 4.74 Å². The van der Waals surface area contributed by atoms with Crippen molar-refractivity contribution in [1.29, 1.82) is 0 Å². The Kier molecular flexibility index (Phi) is 10.9. The minimum absolute atomic E-state index is 0.797. The van der Waals surface area contributed by atoms with Crippen LogP contribution in [0.3, 0.4) is 0 Å². The summed E-state index contributed by atoms with van der Waals surface area (Å²) in [5.41, 5.74) is 5.50. The molecule has 0 saturated heterocycles. The van der Waals surface area contributed by atoms with Gasteiger partial charge in [0, 0.05) is 19.8 Å². The lowest BCUT2D eigenvalue weighted by atomic mass is 10.3. The van der Waals surface area contributed by atoms with E-state index in [2.05, 4.69) is 11.8 Å². The second-order valence-corrected chi connectivity index (χ2v) is 3.53. The summed E-state index contributed by atoms with van der Waals surface area (Å²) in [7, 11) is 0. The Hall–Kier alpha value is -0.120. The van der Waals surface area contributed by atoms with Crippen LogP contribution in [-0.4, -0.2) is 44.3 Å². The maximum atomic E-state index is 5.50. The minimum Gasteiger partial charge on any atom is -0.382 e.